The zero-order valence-electron chi connectivity index (χ0n) is 12.6. The Morgan fingerprint density at radius 2 is 1.79 bits per heavy atom. The summed E-state index contributed by atoms with van der Waals surface area (Å²) in [6, 6.07) is 12.3. The third-order valence-electron chi connectivity index (χ3n) is 3.13. The quantitative estimate of drug-likeness (QED) is 0.779. The van der Waals surface area contributed by atoms with E-state index in [1.54, 1.807) is 12.1 Å². The number of carbonyl (C=O) groups excluding carboxylic acids is 1. The average Bonchev–Trinajstić information content (AvgIpc) is 2.52. The predicted octanol–water partition coefficient (Wildman–Crippen LogP) is 4.91. The summed E-state index contributed by atoms with van der Waals surface area (Å²) in [4.78, 5) is 11.8. The highest BCUT2D eigenvalue weighted by molar-refractivity contribution is 7.99. The van der Waals surface area contributed by atoms with Crippen molar-refractivity contribution < 1.29 is 18.0 Å². The largest absolute Gasteiger partial charge is 0.416 e. The van der Waals surface area contributed by atoms with Crippen molar-refractivity contribution in [3.05, 3.63) is 70.2 Å². The van der Waals surface area contributed by atoms with Crippen molar-refractivity contribution in [3.63, 3.8) is 0 Å². The number of hydrogen-bond acceptors (Lipinski definition) is 2. The number of amides is 1. The number of thioether (sulfide) groups is 1. The molecule has 0 fully saturated rings. The number of carbonyl (C=O) groups is 1. The molecule has 1 N–H and O–H groups in total. The Morgan fingerprint density at radius 1 is 1.08 bits per heavy atom. The lowest BCUT2D eigenvalue weighted by Crippen LogP contribution is -2.24. The molecule has 24 heavy (non-hydrogen) atoms. The number of hydrogen-bond donors (Lipinski definition) is 1. The Bertz CT molecular complexity index is 706. The van der Waals surface area contributed by atoms with Gasteiger partial charge in [-0.3, -0.25) is 4.79 Å². The molecule has 0 saturated carbocycles. The van der Waals surface area contributed by atoms with Crippen LogP contribution in [0.5, 0.6) is 0 Å². The van der Waals surface area contributed by atoms with Crippen molar-refractivity contribution >= 4 is 29.3 Å². The van der Waals surface area contributed by atoms with Gasteiger partial charge in [0.25, 0.3) is 0 Å². The van der Waals surface area contributed by atoms with Gasteiger partial charge in [0.2, 0.25) is 5.91 Å². The molecule has 7 heteroatoms. The van der Waals surface area contributed by atoms with Crippen LogP contribution in [0, 0.1) is 0 Å². The van der Waals surface area contributed by atoms with E-state index in [0.29, 0.717) is 16.3 Å². The molecule has 128 valence electrons. The van der Waals surface area contributed by atoms with Crippen molar-refractivity contribution in [2.24, 2.45) is 0 Å². The first-order chi connectivity index (χ1) is 11.3. The standard InChI is InChI=1S/C17H15ClF3NOS/c18-15-6-2-4-13(8-15)10-24-11-16(23)22-9-12-3-1-5-14(7-12)17(19,20)21/h1-8H,9-11H2,(H,22,23). The molecule has 0 aliphatic rings. The molecule has 0 radical (unpaired) electrons. The molecule has 2 nitrogen and oxygen atoms in total. The Morgan fingerprint density at radius 3 is 2.50 bits per heavy atom. The van der Waals surface area contributed by atoms with Crippen molar-refractivity contribution in [2.75, 3.05) is 5.75 Å². The molecule has 0 aliphatic carbocycles. The topological polar surface area (TPSA) is 29.1 Å². The lowest BCUT2D eigenvalue weighted by molar-refractivity contribution is -0.137. The van der Waals surface area contributed by atoms with E-state index in [-0.39, 0.29) is 18.2 Å². The molecule has 0 heterocycles. The van der Waals surface area contributed by atoms with E-state index in [0.717, 1.165) is 17.7 Å². The highest BCUT2D eigenvalue weighted by Gasteiger charge is 2.30. The van der Waals surface area contributed by atoms with Crippen LogP contribution < -0.4 is 5.32 Å². The molecule has 0 aliphatic heterocycles. The van der Waals surface area contributed by atoms with Gasteiger partial charge in [-0.25, -0.2) is 0 Å². The Hall–Kier alpha value is -1.66. The van der Waals surface area contributed by atoms with Crippen LogP contribution in [0.4, 0.5) is 13.2 Å². The SMILES string of the molecule is O=C(CSCc1cccc(Cl)c1)NCc1cccc(C(F)(F)F)c1. The summed E-state index contributed by atoms with van der Waals surface area (Å²) in [5.74, 6) is 0.641. The molecular formula is C17H15ClF3NOS. The van der Waals surface area contributed by atoms with Crippen LogP contribution in [0.1, 0.15) is 16.7 Å². The van der Waals surface area contributed by atoms with Crippen LogP contribution in [-0.2, 0) is 23.3 Å². The molecule has 0 saturated heterocycles. The maximum atomic E-state index is 12.6. The molecule has 0 bridgehead atoms. The molecular weight excluding hydrogens is 359 g/mol. The normalized spacial score (nSPS) is 11.3. The highest BCUT2D eigenvalue weighted by atomic mass is 35.5. The predicted molar refractivity (Wildman–Crippen MR) is 90.9 cm³/mol. The van der Waals surface area contributed by atoms with E-state index < -0.39 is 11.7 Å². The fourth-order valence-electron chi connectivity index (χ4n) is 2.00. The first kappa shape index (κ1) is 18.7. The molecule has 0 unspecified atom stereocenters. The van der Waals surface area contributed by atoms with Gasteiger partial charge in [0, 0.05) is 17.3 Å². The number of benzene rings is 2. The minimum atomic E-state index is -4.38. The van der Waals surface area contributed by atoms with Crippen LogP contribution in [0.25, 0.3) is 0 Å². The fraction of sp³-hybridized carbons (Fsp3) is 0.235. The van der Waals surface area contributed by atoms with Crippen LogP contribution in [0.3, 0.4) is 0 Å². The van der Waals surface area contributed by atoms with Gasteiger partial charge in [-0.15, -0.1) is 11.8 Å². The van der Waals surface area contributed by atoms with Gasteiger partial charge in [-0.2, -0.15) is 13.2 Å². The van der Waals surface area contributed by atoms with E-state index in [1.165, 1.54) is 17.8 Å². The number of rotatable bonds is 6. The van der Waals surface area contributed by atoms with E-state index in [2.05, 4.69) is 5.32 Å². The van der Waals surface area contributed by atoms with E-state index in [1.807, 2.05) is 18.2 Å². The summed E-state index contributed by atoms with van der Waals surface area (Å²) in [7, 11) is 0. The zero-order valence-corrected chi connectivity index (χ0v) is 14.1. The van der Waals surface area contributed by atoms with Gasteiger partial charge in [-0.05, 0) is 35.4 Å². The van der Waals surface area contributed by atoms with Gasteiger partial charge in [0.1, 0.15) is 0 Å². The van der Waals surface area contributed by atoms with Crippen LogP contribution in [0.15, 0.2) is 48.5 Å². The van der Waals surface area contributed by atoms with Crippen LogP contribution in [-0.4, -0.2) is 11.7 Å². The maximum Gasteiger partial charge on any atom is 0.416 e. The Labute approximate surface area is 147 Å². The second kappa shape index (κ2) is 8.44. The average molecular weight is 374 g/mol. The molecule has 2 aromatic carbocycles. The minimum absolute atomic E-state index is 0.0699. The van der Waals surface area contributed by atoms with Crippen LogP contribution >= 0.6 is 23.4 Å². The van der Waals surface area contributed by atoms with Gasteiger partial charge in [0.05, 0.1) is 11.3 Å². The number of alkyl halides is 3. The summed E-state index contributed by atoms with van der Waals surface area (Å²) in [5, 5.41) is 3.26. The number of nitrogens with one attached hydrogen (secondary N) is 1. The zero-order chi connectivity index (χ0) is 17.6. The maximum absolute atomic E-state index is 12.6. The first-order valence-corrected chi connectivity index (χ1v) is 8.63. The third kappa shape index (κ3) is 6.09. The monoisotopic (exact) mass is 373 g/mol. The summed E-state index contributed by atoms with van der Waals surface area (Å²) in [6.45, 7) is 0.0699. The van der Waals surface area contributed by atoms with Gasteiger partial charge < -0.3 is 5.32 Å². The highest BCUT2D eigenvalue weighted by Crippen LogP contribution is 2.29. The minimum Gasteiger partial charge on any atom is -0.351 e. The van der Waals surface area contributed by atoms with Gasteiger partial charge in [-0.1, -0.05) is 35.9 Å². The lowest BCUT2D eigenvalue weighted by Gasteiger charge is -2.09. The van der Waals surface area contributed by atoms with E-state index in [9.17, 15) is 18.0 Å². The lowest BCUT2D eigenvalue weighted by atomic mass is 10.1. The Kier molecular flexibility index (Phi) is 6.57. The second-order valence-corrected chi connectivity index (χ2v) is 6.52. The fourth-order valence-corrected chi connectivity index (χ4v) is 3.02. The Balaban J connectivity index is 1.77. The van der Waals surface area contributed by atoms with Crippen molar-refractivity contribution in [2.45, 2.75) is 18.5 Å². The molecule has 0 aromatic heterocycles. The molecule has 2 rings (SSSR count). The van der Waals surface area contributed by atoms with Gasteiger partial charge in [0.15, 0.2) is 0 Å². The molecule has 1 amide bonds. The van der Waals surface area contributed by atoms with E-state index >= 15 is 0 Å². The second-order valence-electron chi connectivity index (χ2n) is 5.10. The number of halogens is 4. The summed E-state index contributed by atoms with van der Waals surface area (Å²) < 4.78 is 37.9. The molecule has 0 atom stereocenters. The summed E-state index contributed by atoms with van der Waals surface area (Å²) in [6.07, 6.45) is -4.38. The smallest absolute Gasteiger partial charge is 0.351 e. The van der Waals surface area contributed by atoms with Crippen molar-refractivity contribution in [1.29, 1.82) is 0 Å². The molecule has 2 aromatic rings. The van der Waals surface area contributed by atoms with E-state index in [4.69, 9.17) is 11.6 Å². The van der Waals surface area contributed by atoms with Crippen molar-refractivity contribution in [1.82, 2.24) is 5.32 Å². The third-order valence-corrected chi connectivity index (χ3v) is 4.37. The van der Waals surface area contributed by atoms with Gasteiger partial charge >= 0.3 is 6.18 Å². The summed E-state index contributed by atoms with van der Waals surface area (Å²) >= 11 is 7.30. The first-order valence-electron chi connectivity index (χ1n) is 7.09. The molecule has 0 spiro atoms. The van der Waals surface area contributed by atoms with Crippen LogP contribution in [0.2, 0.25) is 5.02 Å². The van der Waals surface area contributed by atoms with Crippen molar-refractivity contribution in [3.8, 4) is 0 Å². The summed E-state index contributed by atoms with van der Waals surface area (Å²) in [5.41, 5.74) is 0.709.